The number of aryl methyl sites for hydroxylation is 1. The largest absolute Gasteiger partial charge is 0.485 e. The van der Waals surface area contributed by atoms with Crippen LogP contribution in [0.5, 0.6) is 5.75 Å². The molecule has 0 aliphatic rings. The second-order valence-corrected chi connectivity index (χ2v) is 6.65. The monoisotopic (exact) mass is 338 g/mol. The maximum absolute atomic E-state index is 6.19. The van der Waals surface area contributed by atoms with E-state index in [-0.39, 0.29) is 0 Å². The van der Waals surface area contributed by atoms with E-state index in [1.165, 1.54) is 11.1 Å². The lowest BCUT2D eigenvalue weighted by molar-refractivity contribution is 0.185. The predicted octanol–water partition coefficient (Wildman–Crippen LogP) is 4.69. The molecule has 0 saturated heterocycles. The Kier molecular flexibility index (Phi) is 5.39. The van der Waals surface area contributed by atoms with E-state index in [9.17, 15) is 0 Å². The van der Waals surface area contributed by atoms with Crippen LogP contribution < -0.4 is 4.74 Å². The third-order valence-corrected chi connectivity index (χ3v) is 4.40. The van der Waals surface area contributed by atoms with Crippen molar-refractivity contribution in [3.63, 3.8) is 0 Å². The average Bonchev–Trinajstić information content (AvgIpc) is 2.95. The van der Waals surface area contributed by atoms with Gasteiger partial charge in [-0.2, -0.15) is 0 Å². The molecule has 0 spiro atoms. The quantitative estimate of drug-likeness (QED) is 0.627. The van der Waals surface area contributed by atoms with Crippen LogP contribution in [0.25, 0.3) is 11.0 Å². The molecule has 0 N–H and O–H groups in total. The number of methoxy groups -OCH3 is 1. The summed E-state index contributed by atoms with van der Waals surface area (Å²) in [6.45, 7) is 8.32. The van der Waals surface area contributed by atoms with Crippen molar-refractivity contribution in [1.82, 2.24) is 9.55 Å². The van der Waals surface area contributed by atoms with Crippen molar-refractivity contribution in [2.24, 2.45) is 0 Å². The van der Waals surface area contributed by atoms with Gasteiger partial charge in [0.1, 0.15) is 18.2 Å². The number of imidazole rings is 1. The van der Waals surface area contributed by atoms with Crippen LogP contribution >= 0.6 is 0 Å². The molecule has 0 radical (unpaired) electrons. The van der Waals surface area contributed by atoms with Crippen LogP contribution in [0.15, 0.2) is 42.5 Å². The zero-order valence-corrected chi connectivity index (χ0v) is 15.5. The molecule has 1 aromatic heterocycles. The lowest BCUT2D eigenvalue weighted by atomic mass is 10.0. The van der Waals surface area contributed by atoms with Gasteiger partial charge in [-0.3, -0.25) is 0 Å². The van der Waals surface area contributed by atoms with Gasteiger partial charge in [-0.25, -0.2) is 4.98 Å². The third kappa shape index (κ3) is 3.85. The van der Waals surface area contributed by atoms with E-state index in [0.717, 1.165) is 29.2 Å². The van der Waals surface area contributed by atoms with Crippen molar-refractivity contribution < 1.29 is 9.47 Å². The first kappa shape index (κ1) is 17.5. The minimum Gasteiger partial charge on any atom is -0.485 e. The molecule has 0 fully saturated rings. The predicted molar refractivity (Wildman–Crippen MR) is 101 cm³/mol. The molecule has 2 aromatic carbocycles. The maximum Gasteiger partial charge on any atom is 0.148 e. The van der Waals surface area contributed by atoms with Gasteiger partial charge in [-0.15, -0.1) is 0 Å². The number of rotatable bonds is 7. The third-order valence-electron chi connectivity index (χ3n) is 4.40. The molecule has 1 heterocycles. The molecule has 132 valence electrons. The van der Waals surface area contributed by atoms with Crippen LogP contribution in [0.2, 0.25) is 0 Å². The Bertz CT molecular complexity index is 852. The van der Waals surface area contributed by atoms with Crippen molar-refractivity contribution in [2.45, 2.75) is 39.8 Å². The number of hydrogen-bond acceptors (Lipinski definition) is 3. The van der Waals surface area contributed by atoms with E-state index < -0.39 is 0 Å². The average molecular weight is 338 g/mol. The number of fused-ring (bicyclic) bond motifs is 1. The second-order valence-electron chi connectivity index (χ2n) is 6.65. The van der Waals surface area contributed by atoms with Gasteiger partial charge in [0.05, 0.1) is 17.6 Å². The smallest absolute Gasteiger partial charge is 0.148 e. The number of nitrogens with zero attached hydrogens (tertiary/aromatic N) is 2. The molecule has 4 heteroatoms. The molecule has 0 aliphatic carbocycles. The molecule has 0 saturated carbocycles. The molecule has 0 bridgehead atoms. The Balaban J connectivity index is 1.89. The molecule has 25 heavy (non-hydrogen) atoms. The van der Waals surface area contributed by atoms with Crippen molar-refractivity contribution >= 4 is 11.0 Å². The van der Waals surface area contributed by atoms with E-state index in [1.807, 2.05) is 18.2 Å². The zero-order chi connectivity index (χ0) is 17.8. The lowest BCUT2D eigenvalue weighted by Gasteiger charge is -2.15. The van der Waals surface area contributed by atoms with Gasteiger partial charge in [-0.05, 0) is 42.2 Å². The summed E-state index contributed by atoms with van der Waals surface area (Å²) >= 11 is 0. The normalized spacial score (nSPS) is 11.4. The van der Waals surface area contributed by atoms with Crippen molar-refractivity contribution in [3.8, 4) is 5.75 Å². The fourth-order valence-corrected chi connectivity index (χ4v) is 3.05. The minimum atomic E-state index is 0.419. The van der Waals surface area contributed by atoms with E-state index >= 15 is 0 Å². The molecular formula is C21H26N2O2. The number of benzene rings is 2. The number of ether oxygens (including phenoxy) is 2. The molecule has 0 amide bonds. The second kappa shape index (κ2) is 7.70. The fraction of sp³-hybridized carbons (Fsp3) is 0.381. The Morgan fingerprint density at radius 3 is 2.68 bits per heavy atom. The van der Waals surface area contributed by atoms with E-state index in [1.54, 1.807) is 7.11 Å². The lowest BCUT2D eigenvalue weighted by Crippen LogP contribution is -2.11. The Hall–Kier alpha value is -2.33. The number of para-hydroxylation sites is 2. The molecule has 4 nitrogen and oxygen atoms in total. The Labute approximate surface area is 149 Å². The molecule has 3 aromatic rings. The first-order valence-corrected chi connectivity index (χ1v) is 8.76. The minimum absolute atomic E-state index is 0.419. The van der Waals surface area contributed by atoms with E-state index in [0.29, 0.717) is 19.1 Å². The van der Waals surface area contributed by atoms with Gasteiger partial charge in [0.25, 0.3) is 0 Å². The van der Waals surface area contributed by atoms with Crippen LogP contribution in [0.4, 0.5) is 0 Å². The van der Waals surface area contributed by atoms with Crippen LogP contribution in [0.1, 0.15) is 36.7 Å². The molecule has 0 aliphatic heterocycles. The van der Waals surface area contributed by atoms with Gasteiger partial charge >= 0.3 is 0 Å². The summed E-state index contributed by atoms with van der Waals surface area (Å²) in [5.74, 6) is 2.29. The summed E-state index contributed by atoms with van der Waals surface area (Å²) in [5, 5.41) is 0. The zero-order valence-electron chi connectivity index (χ0n) is 15.5. The first-order chi connectivity index (χ1) is 12.1. The van der Waals surface area contributed by atoms with Crippen molar-refractivity contribution in [1.29, 1.82) is 0 Å². The number of aromatic nitrogens is 2. The summed E-state index contributed by atoms with van der Waals surface area (Å²) in [4.78, 5) is 4.76. The highest BCUT2D eigenvalue weighted by Crippen LogP contribution is 2.28. The highest BCUT2D eigenvalue weighted by atomic mass is 16.5. The van der Waals surface area contributed by atoms with Gasteiger partial charge in [0.2, 0.25) is 0 Å². The summed E-state index contributed by atoms with van der Waals surface area (Å²) in [6.07, 6.45) is 0. The van der Waals surface area contributed by atoms with Crippen molar-refractivity contribution in [3.05, 3.63) is 59.4 Å². The summed E-state index contributed by atoms with van der Waals surface area (Å²) in [6, 6.07) is 14.6. The molecule has 3 rings (SSSR count). The number of hydrogen-bond donors (Lipinski definition) is 0. The van der Waals surface area contributed by atoms with E-state index in [2.05, 4.69) is 49.6 Å². The van der Waals surface area contributed by atoms with Crippen LogP contribution in [0.3, 0.4) is 0 Å². The van der Waals surface area contributed by atoms with Crippen LogP contribution in [0, 0.1) is 6.92 Å². The van der Waals surface area contributed by atoms with Gasteiger partial charge < -0.3 is 14.0 Å². The summed E-state index contributed by atoms with van der Waals surface area (Å²) < 4.78 is 13.6. The molecule has 0 unspecified atom stereocenters. The standard InChI is InChI=1S/C21H26N2O2/c1-15(2)17-10-9-16(3)13-20(17)25-14-21-22-18-7-5-6-8-19(18)23(21)11-12-24-4/h5-10,13,15H,11-12,14H2,1-4H3. The molecular weight excluding hydrogens is 312 g/mol. The van der Waals surface area contributed by atoms with Crippen molar-refractivity contribution in [2.75, 3.05) is 13.7 Å². The van der Waals surface area contributed by atoms with Crippen LogP contribution in [-0.2, 0) is 17.9 Å². The van der Waals surface area contributed by atoms with E-state index in [4.69, 9.17) is 14.5 Å². The maximum atomic E-state index is 6.19. The Morgan fingerprint density at radius 1 is 1.12 bits per heavy atom. The SMILES string of the molecule is COCCn1c(COc2cc(C)ccc2C(C)C)nc2ccccc21. The van der Waals surface area contributed by atoms with Gasteiger partial charge in [0, 0.05) is 13.7 Å². The fourth-order valence-electron chi connectivity index (χ4n) is 3.05. The molecule has 0 atom stereocenters. The van der Waals surface area contributed by atoms with Crippen LogP contribution in [-0.4, -0.2) is 23.3 Å². The highest BCUT2D eigenvalue weighted by Gasteiger charge is 2.13. The first-order valence-electron chi connectivity index (χ1n) is 8.76. The summed E-state index contributed by atoms with van der Waals surface area (Å²) in [7, 11) is 1.72. The van der Waals surface area contributed by atoms with Gasteiger partial charge in [0.15, 0.2) is 0 Å². The van der Waals surface area contributed by atoms with Gasteiger partial charge in [-0.1, -0.05) is 38.1 Å². The topological polar surface area (TPSA) is 36.3 Å². The highest BCUT2D eigenvalue weighted by molar-refractivity contribution is 5.75. The summed E-state index contributed by atoms with van der Waals surface area (Å²) in [5.41, 5.74) is 4.54. The Morgan fingerprint density at radius 2 is 1.92 bits per heavy atom.